The zero-order chi connectivity index (χ0) is 16.9. The number of aromatic nitrogens is 1. The number of hydrogen-bond acceptors (Lipinski definition) is 3. The van der Waals surface area contributed by atoms with Gasteiger partial charge in [0.25, 0.3) is 5.91 Å². The molecule has 1 atom stereocenters. The largest absolute Gasteiger partial charge is 0.478 e. The van der Waals surface area contributed by atoms with E-state index in [9.17, 15) is 9.59 Å². The number of para-hydroxylation sites is 2. The highest BCUT2D eigenvalue weighted by Gasteiger charge is 2.34. The van der Waals surface area contributed by atoms with Crippen LogP contribution in [0.5, 0.6) is 5.75 Å². The van der Waals surface area contributed by atoms with E-state index in [4.69, 9.17) is 4.74 Å². The van der Waals surface area contributed by atoms with Gasteiger partial charge in [-0.3, -0.25) is 14.5 Å². The number of amides is 2. The third kappa shape index (κ3) is 3.37. The molecule has 1 aliphatic rings. The van der Waals surface area contributed by atoms with Crippen molar-refractivity contribution in [1.29, 1.82) is 0 Å². The Bertz CT molecular complexity index is 733. The number of nitrogens with zero attached hydrogens (tertiary/aromatic N) is 1. The van der Waals surface area contributed by atoms with Crippen molar-refractivity contribution in [2.75, 3.05) is 11.4 Å². The second-order valence-corrected chi connectivity index (χ2v) is 5.57. The molecule has 1 aromatic heterocycles. The van der Waals surface area contributed by atoms with Crippen molar-refractivity contribution in [2.45, 2.75) is 26.0 Å². The second-order valence-electron chi connectivity index (χ2n) is 5.57. The Kier molecular flexibility index (Phi) is 4.74. The summed E-state index contributed by atoms with van der Waals surface area (Å²) in [4.78, 5) is 29.4. The Labute approximate surface area is 140 Å². The summed E-state index contributed by atoms with van der Waals surface area (Å²) in [5, 5.41) is 2.83. The Morgan fingerprint density at radius 3 is 2.79 bits per heavy atom. The van der Waals surface area contributed by atoms with E-state index in [0.29, 0.717) is 24.4 Å². The van der Waals surface area contributed by atoms with E-state index in [2.05, 4.69) is 10.3 Å². The van der Waals surface area contributed by atoms with Gasteiger partial charge < -0.3 is 10.1 Å². The van der Waals surface area contributed by atoms with Crippen LogP contribution in [0.1, 0.15) is 19.0 Å². The lowest BCUT2D eigenvalue weighted by Gasteiger charge is -2.33. The van der Waals surface area contributed by atoms with Crippen molar-refractivity contribution in [1.82, 2.24) is 5.32 Å². The molecule has 6 nitrogen and oxygen atoms in total. The maximum absolute atomic E-state index is 12.5. The standard InChI is InChI=1S/C18H19N3O3/c1-2-15-18(23)21(14-8-3-4-9-16(14)24-15)12-17(22)20-11-13-7-5-6-10-19-13/h3-10,15H,2,11-12H2,1H3,(H,20,22)/p+1. The molecular formula is C18H20N3O3+. The number of carbonyl (C=O) groups excluding carboxylic acids is 2. The van der Waals surface area contributed by atoms with Gasteiger partial charge in [-0.1, -0.05) is 25.1 Å². The molecule has 2 heterocycles. The topological polar surface area (TPSA) is 72.8 Å². The Morgan fingerprint density at radius 1 is 1.25 bits per heavy atom. The lowest BCUT2D eigenvalue weighted by atomic mass is 10.1. The van der Waals surface area contributed by atoms with Crippen LogP contribution in [0, 0.1) is 0 Å². The van der Waals surface area contributed by atoms with Crippen molar-refractivity contribution in [3.63, 3.8) is 0 Å². The van der Waals surface area contributed by atoms with Gasteiger partial charge in [-0.15, -0.1) is 0 Å². The summed E-state index contributed by atoms with van der Waals surface area (Å²) >= 11 is 0. The summed E-state index contributed by atoms with van der Waals surface area (Å²) < 4.78 is 5.71. The molecule has 124 valence electrons. The molecule has 2 N–H and O–H groups in total. The monoisotopic (exact) mass is 326 g/mol. The molecular weight excluding hydrogens is 306 g/mol. The van der Waals surface area contributed by atoms with Gasteiger partial charge in [-0.2, -0.15) is 0 Å². The number of anilines is 1. The molecule has 0 radical (unpaired) electrons. The van der Waals surface area contributed by atoms with E-state index < -0.39 is 6.10 Å². The number of rotatable bonds is 5. The molecule has 6 heteroatoms. The first-order chi connectivity index (χ1) is 11.7. The third-order valence-electron chi connectivity index (χ3n) is 3.89. The van der Waals surface area contributed by atoms with E-state index in [-0.39, 0.29) is 18.4 Å². The van der Waals surface area contributed by atoms with Gasteiger partial charge in [0.05, 0.1) is 5.69 Å². The molecule has 0 fully saturated rings. The number of fused-ring (bicyclic) bond motifs is 1. The van der Waals surface area contributed by atoms with Crippen molar-refractivity contribution >= 4 is 17.5 Å². The smallest absolute Gasteiger partial charge is 0.268 e. The number of H-pyrrole nitrogens is 1. The van der Waals surface area contributed by atoms with Gasteiger partial charge in [0, 0.05) is 12.1 Å². The van der Waals surface area contributed by atoms with E-state index in [1.54, 1.807) is 12.3 Å². The molecule has 0 bridgehead atoms. The lowest BCUT2D eigenvalue weighted by molar-refractivity contribution is -0.390. The van der Waals surface area contributed by atoms with Gasteiger partial charge in [0.1, 0.15) is 18.8 Å². The summed E-state index contributed by atoms with van der Waals surface area (Å²) in [6.07, 6.45) is 1.81. The third-order valence-corrected chi connectivity index (χ3v) is 3.89. The number of pyridine rings is 1. The van der Waals surface area contributed by atoms with E-state index in [1.165, 1.54) is 4.90 Å². The zero-order valence-electron chi connectivity index (χ0n) is 13.5. The van der Waals surface area contributed by atoms with E-state index in [0.717, 1.165) is 5.69 Å². The molecule has 1 aromatic carbocycles. The quantitative estimate of drug-likeness (QED) is 0.901. The highest BCUT2D eigenvalue weighted by Crippen LogP contribution is 2.34. The first kappa shape index (κ1) is 16.0. The number of benzene rings is 1. The van der Waals surface area contributed by atoms with Crippen LogP contribution in [0.3, 0.4) is 0 Å². The SMILES string of the molecule is CCC1Oc2ccccc2N(CC(=O)NCc2cccc[nH+]2)C1=O. The van der Waals surface area contributed by atoms with Gasteiger partial charge in [0.2, 0.25) is 5.91 Å². The molecule has 0 saturated carbocycles. The Hall–Kier alpha value is -2.89. The minimum absolute atomic E-state index is 0.0253. The zero-order valence-corrected chi connectivity index (χ0v) is 13.5. The molecule has 1 unspecified atom stereocenters. The fraction of sp³-hybridized carbons (Fsp3) is 0.278. The van der Waals surface area contributed by atoms with Gasteiger partial charge in [-0.25, -0.2) is 4.98 Å². The maximum Gasteiger partial charge on any atom is 0.268 e. The van der Waals surface area contributed by atoms with Crippen LogP contribution in [0.4, 0.5) is 5.69 Å². The Balaban J connectivity index is 1.70. The minimum atomic E-state index is -0.546. The fourth-order valence-corrected chi connectivity index (χ4v) is 2.63. The number of carbonyl (C=O) groups is 2. The van der Waals surface area contributed by atoms with Crippen molar-refractivity contribution in [3.8, 4) is 5.75 Å². The van der Waals surface area contributed by atoms with Crippen LogP contribution in [0.25, 0.3) is 0 Å². The lowest BCUT2D eigenvalue weighted by Crippen LogP contribution is -2.49. The van der Waals surface area contributed by atoms with Crippen LogP contribution in [0.15, 0.2) is 48.7 Å². The van der Waals surface area contributed by atoms with Gasteiger partial charge in [-0.05, 0) is 18.6 Å². The molecule has 0 spiro atoms. The fourth-order valence-electron chi connectivity index (χ4n) is 2.63. The predicted octanol–water partition coefficient (Wildman–Crippen LogP) is 1.32. The average molecular weight is 326 g/mol. The molecule has 0 aliphatic carbocycles. The number of aromatic amines is 1. The molecule has 1 aliphatic heterocycles. The average Bonchev–Trinajstić information content (AvgIpc) is 2.63. The summed E-state index contributed by atoms with van der Waals surface area (Å²) in [6.45, 7) is 2.25. The van der Waals surface area contributed by atoms with Crippen LogP contribution >= 0.6 is 0 Å². The normalized spacial score (nSPS) is 16.3. The van der Waals surface area contributed by atoms with Crippen LogP contribution in [-0.2, 0) is 16.1 Å². The van der Waals surface area contributed by atoms with Crippen molar-refractivity contribution < 1.29 is 19.3 Å². The number of ether oxygens (including phenoxy) is 1. The molecule has 2 amide bonds. The Morgan fingerprint density at radius 2 is 2.04 bits per heavy atom. The van der Waals surface area contributed by atoms with Gasteiger partial charge >= 0.3 is 0 Å². The second kappa shape index (κ2) is 7.12. The minimum Gasteiger partial charge on any atom is -0.478 e. The van der Waals surface area contributed by atoms with Crippen LogP contribution < -0.4 is 19.9 Å². The first-order valence-electron chi connectivity index (χ1n) is 7.98. The molecule has 2 aromatic rings. The predicted molar refractivity (Wildman–Crippen MR) is 88.3 cm³/mol. The highest BCUT2D eigenvalue weighted by molar-refractivity contribution is 6.03. The summed E-state index contributed by atoms with van der Waals surface area (Å²) in [7, 11) is 0. The van der Waals surface area contributed by atoms with Crippen molar-refractivity contribution in [2.24, 2.45) is 0 Å². The maximum atomic E-state index is 12.5. The van der Waals surface area contributed by atoms with E-state index >= 15 is 0 Å². The number of nitrogens with one attached hydrogen (secondary N) is 2. The van der Waals surface area contributed by atoms with Crippen LogP contribution in [0.2, 0.25) is 0 Å². The van der Waals surface area contributed by atoms with E-state index in [1.807, 2.05) is 43.3 Å². The molecule has 24 heavy (non-hydrogen) atoms. The van der Waals surface area contributed by atoms with Gasteiger partial charge in [0.15, 0.2) is 18.0 Å². The molecule has 3 rings (SSSR count). The summed E-state index contributed by atoms with van der Waals surface area (Å²) in [5.41, 5.74) is 1.53. The highest BCUT2D eigenvalue weighted by atomic mass is 16.5. The first-order valence-corrected chi connectivity index (χ1v) is 7.98. The summed E-state index contributed by atoms with van der Waals surface area (Å²) in [5.74, 6) is 0.234. The number of hydrogen-bond donors (Lipinski definition) is 1. The molecule has 0 saturated heterocycles. The summed E-state index contributed by atoms with van der Waals surface area (Å²) in [6, 6.07) is 12.9. The van der Waals surface area contributed by atoms with Crippen molar-refractivity contribution in [3.05, 3.63) is 54.4 Å². The van der Waals surface area contributed by atoms with Crippen LogP contribution in [-0.4, -0.2) is 24.5 Å².